The van der Waals surface area contributed by atoms with E-state index in [2.05, 4.69) is 47.8 Å². The number of hydrazine groups is 1. The largest absolute Gasteiger partial charge is 0.368 e. The molecule has 0 fully saturated rings. The average Bonchev–Trinajstić information content (AvgIpc) is 2.62. The van der Waals surface area contributed by atoms with Gasteiger partial charge in [0, 0.05) is 12.2 Å². The van der Waals surface area contributed by atoms with Crippen molar-refractivity contribution in [1.82, 2.24) is 10.4 Å². The summed E-state index contributed by atoms with van der Waals surface area (Å²) in [6.07, 6.45) is 5.21. The third-order valence-electron chi connectivity index (χ3n) is 4.08. The molecule has 5 heteroatoms. The third-order valence-corrected chi connectivity index (χ3v) is 4.08. The van der Waals surface area contributed by atoms with E-state index in [1.54, 1.807) is 0 Å². The number of nitrogens with one attached hydrogen (secondary N) is 2. The first kappa shape index (κ1) is 17.9. The van der Waals surface area contributed by atoms with Gasteiger partial charge in [0.05, 0.1) is 6.42 Å². The molecule has 1 aromatic heterocycles. The maximum atomic E-state index is 11.2. The summed E-state index contributed by atoms with van der Waals surface area (Å²) in [6, 6.07) is 12.7. The number of anilines is 1. The molecule has 2 rings (SSSR count). The molecule has 2 aromatic rings. The molecule has 0 spiro atoms. The Balaban J connectivity index is 1.85. The van der Waals surface area contributed by atoms with Gasteiger partial charge in [-0.15, -0.1) is 0 Å². The second-order valence-electron chi connectivity index (χ2n) is 6.07. The molecule has 0 aliphatic heterocycles. The maximum Gasteiger partial charge on any atom is 0.238 e. The van der Waals surface area contributed by atoms with Crippen molar-refractivity contribution in [3.63, 3.8) is 0 Å². The molecule has 0 radical (unpaired) electrons. The summed E-state index contributed by atoms with van der Waals surface area (Å²) in [6.45, 7) is 4.30. The Morgan fingerprint density at radius 2 is 1.71 bits per heavy atom. The minimum absolute atomic E-state index is 0.181. The van der Waals surface area contributed by atoms with E-state index in [1.807, 2.05) is 24.4 Å². The van der Waals surface area contributed by atoms with Gasteiger partial charge in [-0.25, -0.2) is 10.8 Å². The Bertz CT molecular complexity index is 637. The number of aryl methyl sites for hydroxylation is 2. The van der Waals surface area contributed by atoms with Crippen molar-refractivity contribution < 1.29 is 4.79 Å². The molecular formula is C19H26N4O. The zero-order chi connectivity index (χ0) is 17.4. The van der Waals surface area contributed by atoms with Crippen LogP contribution in [0.25, 0.3) is 0 Å². The molecule has 0 aliphatic rings. The Morgan fingerprint density at radius 1 is 1.08 bits per heavy atom. The van der Waals surface area contributed by atoms with Crippen LogP contribution in [0.4, 0.5) is 5.82 Å². The summed E-state index contributed by atoms with van der Waals surface area (Å²) < 4.78 is 0. The van der Waals surface area contributed by atoms with Crippen LogP contribution in [0.5, 0.6) is 0 Å². The summed E-state index contributed by atoms with van der Waals surface area (Å²) in [5.74, 6) is 5.84. The van der Waals surface area contributed by atoms with Crippen LogP contribution in [0.2, 0.25) is 0 Å². The first-order chi connectivity index (χ1) is 11.6. The van der Waals surface area contributed by atoms with Crippen LogP contribution in [0.1, 0.15) is 37.0 Å². The van der Waals surface area contributed by atoms with E-state index in [0.29, 0.717) is 12.5 Å². The molecule has 1 heterocycles. The number of rotatable bonds is 8. The SMILES string of the molecule is CCC(C)Nc1ccc(CCc2ccc(CC(=O)NN)cc2)cn1. The van der Waals surface area contributed by atoms with Crippen LogP contribution in [0.3, 0.4) is 0 Å². The van der Waals surface area contributed by atoms with Crippen LogP contribution in [0, 0.1) is 0 Å². The highest BCUT2D eigenvalue weighted by Crippen LogP contribution is 2.12. The number of hydrogen-bond donors (Lipinski definition) is 3. The number of amides is 1. The number of hydrogen-bond acceptors (Lipinski definition) is 4. The quantitative estimate of drug-likeness (QED) is 0.396. The summed E-state index contributed by atoms with van der Waals surface area (Å²) in [4.78, 5) is 15.7. The lowest BCUT2D eigenvalue weighted by atomic mass is 10.0. The summed E-state index contributed by atoms with van der Waals surface area (Å²) in [7, 11) is 0. The zero-order valence-electron chi connectivity index (χ0n) is 14.4. The van der Waals surface area contributed by atoms with Gasteiger partial charge in [0.2, 0.25) is 5.91 Å². The van der Waals surface area contributed by atoms with Gasteiger partial charge in [0.15, 0.2) is 0 Å². The number of nitrogens with two attached hydrogens (primary N) is 1. The number of nitrogens with zero attached hydrogens (tertiary/aromatic N) is 1. The lowest BCUT2D eigenvalue weighted by Crippen LogP contribution is -2.31. The number of carbonyl (C=O) groups is 1. The third kappa shape index (κ3) is 5.66. The van der Waals surface area contributed by atoms with Gasteiger partial charge >= 0.3 is 0 Å². The number of pyridine rings is 1. The van der Waals surface area contributed by atoms with Crippen molar-refractivity contribution in [3.05, 3.63) is 59.3 Å². The highest BCUT2D eigenvalue weighted by molar-refractivity contribution is 5.77. The van der Waals surface area contributed by atoms with Crippen molar-refractivity contribution >= 4 is 11.7 Å². The summed E-state index contributed by atoms with van der Waals surface area (Å²) >= 11 is 0. The molecule has 1 atom stereocenters. The fraction of sp³-hybridized carbons (Fsp3) is 0.368. The molecule has 1 unspecified atom stereocenters. The molecule has 0 saturated heterocycles. The van der Waals surface area contributed by atoms with E-state index in [4.69, 9.17) is 5.84 Å². The molecule has 24 heavy (non-hydrogen) atoms. The zero-order valence-corrected chi connectivity index (χ0v) is 14.4. The Hall–Kier alpha value is -2.40. The van der Waals surface area contributed by atoms with E-state index in [9.17, 15) is 4.79 Å². The van der Waals surface area contributed by atoms with Gasteiger partial charge in [-0.05, 0) is 48.9 Å². The Kier molecular flexibility index (Phi) is 6.75. The van der Waals surface area contributed by atoms with E-state index >= 15 is 0 Å². The van der Waals surface area contributed by atoms with Gasteiger partial charge < -0.3 is 5.32 Å². The second kappa shape index (κ2) is 9.03. The molecule has 5 nitrogen and oxygen atoms in total. The van der Waals surface area contributed by atoms with Gasteiger partial charge in [0.1, 0.15) is 5.82 Å². The molecule has 128 valence electrons. The van der Waals surface area contributed by atoms with Crippen LogP contribution >= 0.6 is 0 Å². The fourth-order valence-corrected chi connectivity index (χ4v) is 2.36. The lowest BCUT2D eigenvalue weighted by molar-refractivity contribution is -0.120. The predicted octanol–water partition coefficient (Wildman–Crippen LogP) is 2.61. The van der Waals surface area contributed by atoms with Crippen LogP contribution < -0.4 is 16.6 Å². The van der Waals surface area contributed by atoms with Crippen LogP contribution in [-0.4, -0.2) is 16.9 Å². The lowest BCUT2D eigenvalue weighted by Gasteiger charge is -2.12. The topological polar surface area (TPSA) is 80.0 Å². The van der Waals surface area contributed by atoms with E-state index in [-0.39, 0.29) is 5.91 Å². The number of carbonyl (C=O) groups excluding carboxylic acids is 1. The van der Waals surface area contributed by atoms with Gasteiger partial charge in [-0.3, -0.25) is 10.2 Å². The number of benzene rings is 1. The predicted molar refractivity (Wildman–Crippen MR) is 97.5 cm³/mol. The average molecular weight is 326 g/mol. The maximum absolute atomic E-state index is 11.2. The van der Waals surface area contributed by atoms with Crippen molar-refractivity contribution in [2.24, 2.45) is 5.84 Å². The van der Waals surface area contributed by atoms with Crippen molar-refractivity contribution in [3.8, 4) is 0 Å². The molecule has 0 aliphatic carbocycles. The molecular weight excluding hydrogens is 300 g/mol. The van der Waals surface area contributed by atoms with Crippen molar-refractivity contribution in [2.75, 3.05) is 5.32 Å². The van der Waals surface area contributed by atoms with E-state index in [1.165, 1.54) is 11.1 Å². The first-order valence-corrected chi connectivity index (χ1v) is 8.39. The van der Waals surface area contributed by atoms with Crippen molar-refractivity contribution in [2.45, 2.75) is 45.6 Å². The Labute approximate surface area is 143 Å². The highest BCUT2D eigenvalue weighted by Gasteiger charge is 2.03. The molecule has 4 N–H and O–H groups in total. The standard InChI is InChI=1S/C19H26N4O/c1-3-14(2)22-18-11-10-17(13-21-18)9-6-15-4-7-16(8-5-15)12-19(24)23-20/h4-5,7-8,10-11,13-14H,3,6,9,12,20H2,1-2H3,(H,21,22)(H,23,24). The van der Waals surface area contributed by atoms with Gasteiger partial charge in [-0.2, -0.15) is 0 Å². The minimum Gasteiger partial charge on any atom is -0.368 e. The summed E-state index contributed by atoms with van der Waals surface area (Å²) in [5, 5.41) is 3.37. The molecule has 0 saturated carbocycles. The second-order valence-corrected chi connectivity index (χ2v) is 6.07. The van der Waals surface area contributed by atoms with E-state index < -0.39 is 0 Å². The van der Waals surface area contributed by atoms with Crippen LogP contribution in [-0.2, 0) is 24.1 Å². The smallest absolute Gasteiger partial charge is 0.238 e. The normalized spacial score (nSPS) is 11.8. The molecule has 1 amide bonds. The van der Waals surface area contributed by atoms with Gasteiger partial charge in [-0.1, -0.05) is 37.3 Å². The Morgan fingerprint density at radius 3 is 2.29 bits per heavy atom. The summed E-state index contributed by atoms with van der Waals surface area (Å²) in [5.41, 5.74) is 5.57. The van der Waals surface area contributed by atoms with Crippen LogP contribution in [0.15, 0.2) is 42.6 Å². The highest BCUT2D eigenvalue weighted by atomic mass is 16.2. The van der Waals surface area contributed by atoms with Crippen molar-refractivity contribution in [1.29, 1.82) is 0 Å². The first-order valence-electron chi connectivity index (χ1n) is 8.39. The molecule has 1 aromatic carbocycles. The minimum atomic E-state index is -0.181. The number of aromatic nitrogens is 1. The monoisotopic (exact) mass is 326 g/mol. The molecule has 0 bridgehead atoms. The van der Waals surface area contributed by atoms with Gasteiger partial charge in [0.25, 0.3) is 0 Å². The fourth-order valence-electron chi connectivity index (χ4n) is 2.36. The van der Waals surface area contributed by atoms with E-state index in [0.717, 1.165) is 30.6 Å².